The van der Waals surface area contributed by atoms with Gasteiger partial charge >= 0.3 is 5.97 Å². The summed E-state index contributed by atoms with van der Waals surface area (Å²) in [7, 11) is 0. The summed E-state index contributed by atoms with van der Waals surface area (Å²) in [6.45, 7) is 2.89. The van der Waals surface area contributed by atoms with Crippen LogP contribution < -0.4 is 0 Å². The summed E-state index contributed by atoms with van der Waals surface area (Å²) in [6.07, 6.45) is 7.78. The Hall–Kier alpha value is -1.53. The molecule has 2 fully saturated rings. The number of carbonyl (C=O) groups is 2. The number of carbonyl (C=O) groups excluding carboxylic acids is 2. The molecule has 1 saturated heterocycles. The molecule has 160 valence electrons. The Morgan fingerprint density at radius 2 is 1.90 bits per heavy atom. The zero-order chi connectivity index (χ0) is 20.5. The molecule has 1 saturated carbocycles. The molecule has 2 atom stereocenters. The molecule has 1 aromatic carbocycles. The minimum atomic E-state index is -0.489. The fraction of sp³-hybridized carbons (Fsp3) is 0.652. The van der Waals surface area contributed by atoms with Crippen LogP contribution in [0.3, 0.4) is 0 Å². The van der Waals surface area contributed by atoms with E-state index in [1.54, 1.807) is 16.7 Å². The Morgan fingerprint density at radius 1 is 1.14 bits per heavy atom. The van der Waals surface area contributed by atoms with Gasteiger partial charge in [-0.25, -0.2) is 4.79 Å². The van der Waals surface area contributed by atoms with E-state index in [2.05, 4.69) is 6.92 Å². The molecule has 3 rings (SSSR count). The van der Waals surface area contributed by atoms with Crippen LogP contribution in [0.15, 0.2) is 30.3 Å². The van der Waals surface area contributed by atoms with E-state index in [0.717, 1.165) is 31.2 Å². The molecule has 6 heteroatoms. The van der Waals surface area contributed by atoms with Crippen LogP contribution >= 0.6 is 11.8 Å². The monoisotopic (exact) mass is 419 g/mol. The van der Waals surface area contributed by atoms with Crippen molar-refractivity contribution < 1.29 is 19.1 Å². The van der Waals surface area contributed by atoms with E-state index < -0.39 is 6.04 Å². The van der Waals surface area contributed by atoms with Gasteiger partial charge in [0.25, 0.3) is 0 Å². The highest BCUT2D eigenvalue weighted by molar-refractivity contribution is 8.00. The van der Waals surface area contributed by atoms with Crippen molar-refractivity contribution in [2.75, 3.05) is 19.0 Å². The van der Waals surface area contributed by atoms with Crippen molar-refractivity contribution in [3.05, 3.63) is 35.9 Å². The Kier molecular flexibility index (Phi) is 8.87. The van der Waals surface area contributed by atoms with E-state index in [1.807, 2.05) is 30.3 Å². The molecule has 1 aliphatic heterocycles. The van der Waals surface area contributed by atoms with Crippen LogP contribution in [0.2, 0.25) is 0 Å². The predicted molar refractivity (Wildman–Crippen MR) is 115 cm³/mol. The molecule has 1 amide bonds. The Labute approximate surface area is 178 Å². The fourth-order valence-corrected chi connectivity index (χ4v) is 5.77. The summed E-state index contributed by atoms with van der Waals surface area (Å²) in [6, 6.07) is 9.35. The average Bonchev–Trinajstić information content (AvgIpc) is 3.20. The number of rotatable bonds is 9. The number of thioether (sulfide) groups is 1. The van der Waals surface area contributed by atoms with Crippen molar-refractivity contribution in [3.8, 4) is 0 Å². The van der Waals surface area contributed by atoms with E-state index in [0.29, 0.717) is 24.9 Å². The normalized spacial score (nSPS) is 22.6. The lowest BCUT2D eigenvalue weighted by atomic mass is 9.88. The van der Waals surface area contributed by atoms with Gasteiger partial charge in [0.15, 0.2) is 0 Å². The second kappa shape index (κ2) is 11.6. The highest BCUT2D eigenvalue weighted by Crippen LogP contribution is 2.40. The SMILES string of the molecule is CCCCOC(=O)[C@@H]1CS[C@@H](C2CCCCC2)N1C(=O)COCc1ccccc1. The molecule has 0 bridgehead atoms. The number of unbranched alkanes of at least 4 members (excludes halogenated alkanes) is 1. The van der Waals surface area contributed by atoms with Crippen LogP contribution in [0.1, 0.15) is 57.4 Å². The predicted octanol–water partition coefficient (Wildman–Crippen LogP) is 4.40. The molecule has 1 aromatic rings. The molecule has 0 unspecified atom stereocenters. The second-order valence-corrected chi connectivity index (χ2v) is 9.09. The molecular weight excluding hydrogens is 386 g/mol. The molecule has 2 aliphatic rings. The first-order chi connectivity index (χ1) is 14.2. The highest BCUT2D eigenvalue weighted by Gasteiger charge is 2.45. The van der Waals surface area contributed by atoms with Crippen molar-refractivity contribution in [1.82, 2.24) is 4.90 Å². The Balaban J connectivity index is 1.63. The van der Waals surface area contributed by atoms with Gasteiger partial charge in [0.2, 0.25) is 5.91 Å². The summed E-state index contributed by atoms with van der Waals surface area (Å²) >= 11 is 1.74. The summed E-state index contributed by atoms with van der Waals surface area (Å²) in [5, 5.41) is 0.0619. The minimum absolute atomic E-state index is 0.00257. The van der Waals surface area contributed by atoms with Crippen LogP contribution in [0.4, 0.5) is 0 Å². The second-order valence-electron chi connectivity index (χ2n) is 7.94. The molecule has 0 radical (unpaired) electrons. The third-order valence-corrected chi connectivity index (χ3v) is 7.19. The lowest BCUT2D eigenvalue weighted by Crippen LogP contribution is -2.50. The molecule has 1 aliphatic carbocycles. The van der Waals surface area contributed by atoms with Crippen LogP contribution in [-0.2, 0) is 25.7 Å². The fourth-order valence-electron chi connectivity index (χ4n) is 4.13. The molecule has 0 aromatic heterocycles. The third-order valence-electron chi connectivity index (χ3n) is 5.73. The molecule has 0 spiro atoms. The topological polar surface area (TPSA) is 55.8 Å². The van der Waals surface area contributed by atoms with E-state index in [1.165, 1.54) is 19.3 Å². The van der Waals surface area contributed by atoms with E-state index in [-0.39, 0.29) is 23.9 Å². The van der Waals surface area contributed by atoms with Crippen LogP contribution in [0, 0.1) is 5.92 Å². The van der Waals surface area contributed by atoms with Crippen molar-refractivity contribution >= 4 is 23.6 Å². The molecule has 29 heavy (non-hydrogen) atoms. The minimum Gasteiger partial charge on any atom is -0.464 e. The van der Waals surface area contributed by atoms with Gasteiger partial charge in [-0.05, 0) is 30.7 Å². The highest BCUT2D eigenvalue weighted by atomic mass is 32.2. The van der Waals surface area contributed by atoms with Gasteiger partial charge in [-0.2, -0.15) is 0 Å². The van der Waals surface area contributed by atoms with Crippen molar-refractivity contribution in [1.29, 1.82) is 0 Å². The van der Waals surface area contributed by atoms with Crippen LogP contribution in [-0.4, -0.2) is 47.2 Å². The molecule has 5 nitrogen and oxygen atoms in total. The quantitative estimate of drug-likeness (QED) is 0.439. The number of hydrogen-bond acceptors (Lipinski definition) is 5. The first-order valence-corrected chi connectivity index (χ1v) is 12.0. The van der Waals surface area contributed by atoms with Crippen molar-refractivity contribution in [3.63, 3.8) is 0 Å². The number of nitrogens with zero attached hydrogens (tertiary/aromatic N) is 1. The maximum atomic E-state index is 13.1. The number of esters is 1. The lowest BCUT2D eigenvalue weighted by Gasteiger charge is -2.35. The number of benzene rings is 1. The van der Waals surface area contributed by atoms with E-state index in [4.69, 9.17) is 9.47 Å². The van der Waals surface area contributed by atoms with Gasteiger partial charge in [0.1, 0.15) is 12.6 Å². The Bertz CT molecular complexity index is 648. The van der Waals surface area contributed by atoms with E-state index in [9.17, 15) is 9.59 Å². The largest absolute Gasteiger partial charge is 0.464 e. The molecular formula is C23H33NO4S. The van der Waals surface area contributed by atoms with Gasteiger partial charge < -0.3 is 14.4 Å². The summed E-state index contributed by atoms with van der Waals surface area (Å²) < 4.78 is 11.2. The van der Waals surface area contributed by atoms with Crippen molar-refractivity contribution in [2.45, 2.75) is 69.9 Å². The molecule has 1 heterocycles. The third kappa shape index (κ3) is 6.22. The van der Waals surface area contributed by atoms with Gasteiger partial charge in [-0.1, -0.05) is 62.9 Å². The Morgan fingerprint density at radius 3 is 2.62 bits per heavy atom. The number of hydrogen-bond donors (Lipinski definition) is 0. The summed E-state index contributed by atoms with van der Waals surface area (Å²) in [5.74, 6) is 0.719. The first kappa shape index (κ1) is 22.2. The lowest BCUT2D eigenvalue weighted by molar-refractivity contribution is -0.156. The van der Waals surface area contributed by atoms with Gasteiger partial charge in [0.05, 0.1) is 18.6 Å². The maximum absolute atomic E-state index is 13.1. The first-order valence-electron chi connectivity index (χ1n) is 10.9. The molecule has 0 N–H and O–H groups in total. The maximum Gasteiger partial charge on any atom is 0.329 e. The van der Waals surface area contributed by atoms with E-state index >= 15 is 0 Å². The zero-order valence-electron chi connectivity index (χ0n) is 17.4. The van der Waals surface area contributed by atoms with Crippen LogP contribution in [0.5, 0.6) is 0 Å². The smallest absolute Gasteiger partial charge is 0.329 e. The van der Waals surface area contributed by atoms with Crippen molar-refractivity contribution in [2.24, 2.45) is 5.92 Å². The van der Waals surface area contributed by atoms with Crippen LogP contribution in [0.25, 0.3) is 0 Å². The van der Waals surface area contributed by atoms with Gasteiger partial charge in [-0.15, -0.1) is 11.8 Å². The van der Waals surface area contributed by atoms with Gasteiger partial charge in [0, 0.05) is 5.75 Å². The average molecular weight is 420 g/mol. The van der Waals surface area contributed by atoms with Gasteiger partial charge in [-0.3, -0.25) is 4.79 Å². The number of amides is 1. The number of ether oxygens (including phenoxy) is 2. The standard InChI is InChI=1S/C23H33NO4S/c1-2-3-14-28-23(26)20-17-29-22(19-12-8-5-9-13-19)24(20)21(25)16-27-15-18-10-6-4-7-11-18/h4,6-7,10-11,19-20,22H,2-3,5,8-9,12-17H2,1H3/t20-,22-/m0/s1. The zero-order valence-corrected chi connectivity index (χ0v) is 18.2. The summed E-state index contributed by atoms with van der Waals surface area (Å²) in [4.78, 5) is 27.6. The summed E-state index contributed by atoms with van der Waals surface area (Å²) in [5.41, 5.74) is 1.04.